The third kappa shape index (κ3) is 6.90. The predicted molar refractivity (Wildman–Crippen MR) is 106 cm³/mol. The first-order valence-electron chi connectivity index (χ1n) is 9.19. The van der Waals surface area contributed by atoms with Gasteiger partial charge in [0.2, 0.25) is 0 Å². The number of nitrogens with zero attached hydrogens (tertiary/aromatic N) is 4. The highest BCUT2D eigenvalue weighted by atomic mass is 16.5. The van der Waals surface area contributed by atoms with Crippen molar-refractivity contribution in [2.75, 3.05) is 27.4 Å². The van der Waals surface area contributed by atoms with Crippen LogP contribution in [0.1, 0.15) is 25.2 Å². The van der Waals surface area contributed by atoms with E-state index in [1.54, 1.807) is 20.5 Å². The second-order valence-corrected chi connectivity index (χ2v) is 6.23. The highest BCUT2D eigenvalue weighted by Gasteiger charge is 2.06. The zero-order valence-electron chi connectivity index (χ0n) is 16.6. The Morgan fingerprint density at radius 2 is 2.04 bits per heavy atom. The summed E-state index contributed by atoms with van der Waals surface area (Å²) >= 11 is 0. The number of hydrogen-bond donors (Lipinski definition) is 2. The van der Waals surface area contributed by atoms with E-state index >= 15 is 0 Å². The van der Waals surface area contributed by atoms with Crippen LogP contribution in [0.2, 0.25) is 0 Å². The van der Waals surface area contributed by atoms with Crippen LogP contribution >= 0.6 is 0 Å². The van der Waals surface area contributed by atoms with Gasteiger partial charge in [0, 0.05) is 32.7 Å². The van der Waals surface area contributed by atoms with Gasteiger partial charge in [-0.3, -0.25) is 0 Å². The third-order valence-corrected chi connectivity index (χ3v) is 4.04. The number of nitrogens with one attached hydrogen (secondary N) is 2. The lowest BCUT2D eigenvalue weighted by molar-refractivity contribution is 0.179. The lowest BCUT2D eigenvalue weighted by atomic mass is 10.2. The van der Waals surface area contributed by atoms with Crippen molar-refractivity contribution in [1.82, 2.24) is 25.4 Å². The average Bonchev–Trinajstić information content (AvgIpc) is 3.14. The Labute approximate surface area is 161 Å². The molecule has 0 bridgehead atoms. The van der Waals surface area contributed by atoms with Crippen molar-refractivity contribution >= 4 is 5.96 Å². The van der Waals surface area contributed by atoms with Crippen LogP contribution in [-0.4, -0.2) is 54.1 Å². The Morgan fingerprint density at radius 3 is 2.70 bits per heavy atom. The first-order valence-corrected chi connectivity index (χ1v) is 9.19. The molecule has 0 saturated heterocycles. The summed E-state index contributed by atoms with van der Waals surface area (Å²) in [5, 5.41) is 14.8. The molecule has 0 saturated carbocycles. The summed E-state index contributed by atoms with van der Waals surface area (Å²) in [7, 11) is 3.36. The highest BCUT2D eigenvalue weighted by molar-refractivity contribution is 5.80. The molecule has 1 aromatic heterocycles. The van der Waals surface area contributed by atoms with Crippen LogP contribution in [-0.2, 0) is 24.2 Å². The normalized spacial score (nSPS) is 12.7. The van der Waals surface area contributed by atoms with E-state index in [0.717, 1.165) is 42.6 Å². The molecule has 2 rings (SSSR count). The summed E-state index contributed by atoms with van der Waals surface area (Å²) in [5.74, 6) is 2.57. The van der Waals surface area contributed by atoms with Gasteiger partial charge >= 0.3 is 0 Å². The molecule has 0 fully saturated rings. The van der Waals surface area contributed by atoms with Gasteiger partial charge in [-0.1, -0.05) is 19.1 Å². The van der Waals surface area contributed by atoms with Gasteiger partial charge in [-0.05, 0) is 24.6 Å². The minimum absolute atomic E-state index is 0.151. The second kappa shape index (κ2) is 11.2. The Morgan fingerprint density at radius 1 is 1.26 bits per heavy atom. The lowest BCUT2D eigenvalue weighted by Crippen LogP contribution is -2.45. The molecule has 0 amide bonds. The molecule has 1 unspecified atom stereocenters. The summed E-state index contributed by atoms with van der Waals surface area (Å²) in [6, 6.07) is 8.07. The predicted octanol–water partition coefficient (Wildman–Crippen LogP) is 1.62. The quantitative estimate of drug-likeness (QED) is 0.486. The third-order valence-electron chi connectivity index (χ3n) is 4.04. The molecular weight excluding hydrogens is 344 g/mol. The number of benzene rings is 1. The molecule has 0 radical (unpaired) electrons. The van der Waals surface area contributed by atoms with Gasteiger partial charge in [-0.15, -0.1) is 10.2 Å². The fraction of sp³-hybridized carbons (Fsp3) is 0.526. The van der Waals surface area contributed by atoms with Crippen LogP contribution in [0.3, 0.4) is 0 Å². The molecule has 8 heteroatoms. The molecule has 8 nitrogen and oxygen atoms in total. The van der Waals surface area contributed by atoms with Crippen molar-refractivity contribution in [3.05, 3.63) is 42.0 Å². The zero-order valence-corrected chi connectivity index (χ0v) is 16.6. The van der Waals surface area contributed by atoms with Gasteiger partial charge in [-0.25, -0.2) is 4.99 Å². The summed E-state index contributed by atoms with van der Waals surface area (Å²) in [6.07, 6.45) is 2.62. The Bertz CT molecular complexity index is 698. The van der Waals surface area contributed by atoms with E-state index in [1.807, 2.05) is 28.8 Å². The number of methoxy groups -OCH3 is 2. The topological polar surface area (TPSA) is 85.6 Å². The van der Waals surface area contributed by atoms with Gasteiger partial charge in [0.25, 0.3) is 0 Å². The second-order valence-electron chi connectivity index (χ2n) is 6.23. The van der Waals surface area contributed by atoms with Gasteiger partial charge in [0.15, 0.2) is 5.96 Å². The molecule has 0 spiro atoms. The maximum atomic E-state index is 5.21. The van der Waals surface area contributed by atoms with Gasteiger partial charge in [0.1, 0.15) is 17.9 Å². The average molecular weight is 374 g/mol. The largest absolute Gasteiger partial charge is 0.497 e. The van der Waals surface area contributed by atoms with Crippen LogP contribution in [0.15, 0.2) is 35.6 Å². The van der Waals surface area contributed by atoms with E-state index in [2.05, 4.69) is 34.7 Å². The van der Waals surface area contributed by atoms with Crippen LogP contribution in [0, 0.1) is 0 Å². The molecule has 0 aliphatic heterocycles. The Kier molecular flexibility index (Phi) is 8.57. The van der Waals surface area contributed by atoms with Crippen molar-refractivity contribution in [1.29, 1.82) is 0 Å². The molecule has 148 valence electrons. The molecule has 0 aliphatic carbocycles. The van der Waals surface area contributed by atoms with Crippen LogP contribution in [0.4, 0.5) is 0 Å². The molecular formula is C19H30N6O2. The van der Waals surface area contributed by atoms with Crippen molar-refractivity contribution in [2.24, 2.45) is 4.99 Å². The van der Waals surface area contributed by atoms with E-state index in [-0.39, 0.29) is 6.04 Å². The van der Waals surface area contributed by atoms with E-state index in [9.17, 15) is 0 Å². The van der Waals surface area contributed by atoms with Crippen LogP contribution in [0.5, 0.6) is 5.75 Å². The standard InChI is InChI=1S/C19H30N6O2/c1-5-18-24-22-14-25(18)11-10-20-19(23-15(2)13-26-3)21-12-16-6-8-17(27-4)9-7-16/h6-9,14-15H,5,10-13H2,1-4H3,(H2,20,21,23). The lowest BCUT2D eigenvalue weighted by Gasteiger charge is -2.18. The summed E-state index contributed by atoms with van der Waals surface area (Å²) in [5.41, 5.74) is 1.11. The molecule has 1 aromatic carbocycles. The van der Waals surface area contributed by atoms with E-state index in [1.165, 1.54) is 0 Å². The van der Waals surface area contributed by atoms with Crippen molar-refractivity contribution < 1.29 is 9.47 Å². The summed E-state index contributed by atoms with van der Waals surface area (Å²) in [6.45, 7) is 6.81. The SMILES string of the molecule is CCc1nncn1CCNC(=NCc1ccc(OC)cc1)NC(C)COC. The minimum Gasteiger partial charge on any atom is -0.497 e. The van der Waals surface area contributed by atoms with Crippen LogP contribution < -0.4 is 15.4 Å². The summed E-state index contributed by atoms with van der Waals surface area (Å²) in [4.78, 5) is 4.69. The van der Waals surface area contributed by atoms with Gasteiger partial charge in [-0.2, -0.15) is 0 Å². The van der Waals surface area contributed by atoms with Gasteiger partial charge < -0.3 is 24.7 Å². The first kappa shape index (κ1) is 20.7. The Hall–Kier alpha value is -2.61. The van der Waals surface area contributed by atoms with Crippen molar-refractivity contribution in [2.45, 2.75) is 39.4 Å². The van der Waals surface area contributed by atoms with E-state index < -0.39 is 0 Å². The number of guanidine groups is 1. The fourth-order valence-corrected chi connectivity index (χ4v) is 2.61. The number of aromatic nitrogens is 3. The molecule has 27 heavy (non-hydrogen) atoms. The maximum Gasteiger partial charge on any atom is 0.191 e. The van der Waals surface area contributed by atoms with Crippen molar-refractivity contribution in [3.63, 3.8) is 0 Å². The summed E-state index contributed by atoms with van der Waals surface area (Å²) < 4.78 is 12.4. The smallest absolute Gasteiger partial charge is 0.191 e. The molecule has 1 atom stereocenters. The molecule has 0 aliphatic rings. The zero-order chi connectivity index (χ0) is 19.5. The Balaban J connectivity index is 1.96. The van der Waals surface area contributed by atoms with E-state index in [4.69, 9.17) is 14.5 Å². The minimum atomic E-state index is 0.151. The van der Waals surface area contributed by atoms with Gasteiger partial charge in [0.05, 0.1) is 20.3 Å². The van der Waals surface area contributed by atoms with E-state index in [0.29, 0.717) is 13.2 Å². The van der Waals surface area contributed by atoms with Crippen LogP contribution in [0.25, 0.3) is 0 Å². The number of hydrogen-bond acceptors (Lipinski definition) is 5. The fourth-order valence-electron chi connectivity index (χ4n) is 2.61. The number of rotatable bonds is 10. The molecule has 1 heterocycles. The molecule has 2 N–H and O–H groups in total. The first-order chi connectivity index (χ1) is 13.2. The number of aryl methyl sites for hydroxylation is 1. The maximum absolute atomic E-state index is 5.21. The number of ether oxygens (including phenoxy) is 2. The van der Waals surface area contributed by atoms with Crippen molar-refractivity contribution in [3.8, 4) is 5.75 Å². The monoisotopic (exact) mass is 374 g/mol. The highest BCUT2D eigenvalue weighted by Crippen LogP contribution is 2.11. The molecule has 2 aromatic rings. The number of aliphatic imine (C=N–C) groups is 1.